The van der Waals surface area contributed by atoms with Gasteiger partial charge in [0.2, 0.25) is 5.95 Å². The number of nitrogens with zero attached hydrogens (tertiary/aromatic N) is 2. The summed E-state index contributed by atoms with van der Waals surface area (Å²) in [7, 11) is 0. The second kappa shape index (κ2) is 7.88. The summed E-state index contributed by atoms with van der Waals surface area (Å²) in [6, 6.07) is 9.13. The van der Waals surface area contributed by atoms with Crippen molar-refractivity contribution in [2.75, 3.05) is 17.8 Å². The molecule has 2 aromatic carbocycles. The fourth-order valence-electron chi connectivity index (χ4n) is 2.93. The zero-order valence-corrected chi connectivity index (χ0v) is 15.7. The quantitative estimate of drug-likeness (QED) is 0.339. The first-order chi connectivity index (χ1) is 14.0. The Balaban J connectivity index is 1.67. The third kappa shape index (κ3) is 3.90. The van der Waals surface area contributed by atoms with E-state index in [1.54, 1.807) is 18.2 Å². The highest BCUT2D eigenvalue weighted by Gasteiger charge is 2.13. The number of rotatable bonds is 5. The number of carbonyl (C=O) groups excluding carboxylic acids is 1. The van der Waals surface area contributed by atoms with Crippen molar-refractivity contribution in [3.8, 4) is 11.3 Å². The predicted octanol–water partition coefficient (Wildman–Crippen LogP) is 3.78. The number of hydrogen-bond acceptors (Lipinski definition) is 5. The Morgan fingerprint density at radius 1 is 1.21 bits per heavy atom. The van der Waals surface area contributed by atoms with Crippen LogP contribution in [0.1, 0.15) is 6.42 Å². The van der Waals surface area contributed by atoms with Crippen molar-refractivity contribution < 1.29 is 13.9 Å². The highest BCUT2D eigenvalue weighted by atomic mass is 35.5. The average molecular weight is 416 g/mol. The van der Waals surface area contributed by atoms with E-state index in [9.17, 15) is 14.0 Å². The number of hydrogen-bond donors (Lipinski definition) is 3. The second-order valence-electron chi connectivity index (χ2n) is 6.21. The van der Waals surface area contributed by atoms with Gasteiger partial charge in [-0.15, -0.1) is 11.6 Å². The van der Waals surface area contributed by atoms with E-state index in [1.165, 1.54) is 18.2 Å². The predicted molar refractivity (Wildman–Crippen MR) is 108 cm³/mol. The number of carbonyl (C=O) groups is 1. The van der Waals surface area contributed by atoms with Crippen LogP contribution in [0, 0.1) is 5.82 Å². The van der Waals surface area contributed by atoms with E-state index >= 15 is 0 Å². The first-order valence-corrected chi connectivity index (χ1v) is 9.26. The largest absolute Gasteiger partial charge is 0.449 e. The van der Waals surface area contributed by atoms with Gasteiger partial charge in [0.1, 0.15) is 5.82 Å². The van der Waals surface area contributed by atoms with Crippen molar-refractivity contribution >= 4 is 45.4 Å². The van der Waals surface area contributed by atoms with Crippen LogP contribution in [0.25, 0.3) is 33.1 Å². The molecule has 1 amide bonds. The lowest BCUT2D eigenvalue weighted by molar-refractivity contribution is 0.162. The number of ether oxygens (including phenoxy) is 1. The molecule has 2 aromatic heterocycles. The third-order valence-electron chi connectivity index (χ3n) is 4.24. The molecule has 4 aromatic rings. The minimum atomic E-state index is -0.641. The number of nitrogens with one attached hydrogen (secondary N) is 3. The van der Waals surface area contributed by atoms with Crippen molar-refractivity contribution in [2.24, 2.45) is 0 Å². The lowest BCUT2D eigenvalue weighted by Gasteiger charge is -2.05. The van der Waals surface area contributed by atoms with Crippen LogP contribution in [-0.4, -0.2) is 38.7 Å². The first-order valence-electron chi connectivity index (χ1n) is 8.73. The normalized spacial score (nSPS) is 11.1. The maximum absolute atomic E-state index is 13.7. The highest BCUT2D eigenvalue weighted by Crippen LogP contribution is 2.27. The molecule has 0 atom stereocenters. The molecule has 0 aliphatic rings. The fourth-order valence-corrected chi connectivity index (χ4v) is 3.03. The summed E-state index contributed by atoms with van der Waals surface area (Å²) in [5.41, 5.74) is 1.89. The molecule has 0 bridgehead atoms. The summed E-state index contributed by atoms with van der Waals surface area (Å²) in [6.45, 7) is 0.210. The maximum atomic E-state index is 13.7. The number of halogens is 2. The Morgan fingerprint density at radius 2 is 2.07 bits per heavy atom. The molecule has 29 heavy (non-hydrogen) atoms. The Labute approximate surface area is 168 Å². The van der Waals surface area contributed by atoms with Crippen molar-refractivity contribution in [1.29, 1.82) is 0 Å². The van der Waals surface area contributed by atoms with E-state index in [0.717, 1.165) is 0 Å². The van der Waals surface area contributed by atoms with Crippen LogP contribution in [0.2, 0.25) is 0 Å². The Kier molecular flexibility index (Phi) is 5.13. The number of amides is 1. The van der Waals surface area contributed by atoms with Gasteiger partial charge in [-0.2, -0.15) is 5.10 Å². The monoisotopic (exact) mass is 415 g/mol. The zero-order chi connectivity index (χ0) is 20.4. The second-order valence-corrected chi connectivity index (χ2v) is 6.59. The molecule has 0 saturated carbocycles. The molecule has 0 saturated heterocycles. The molecular weight excluding hydrogens is 401 g/mol. The van der Waals surface area contributed by atoms with E-state index in [4.69, 9.17) is 16.3 Å². The average Bonchev–Trinajstić information content (AvgIpc) is 3.09. The summed E-state index contributed by atoms with van der Waals surface area (Å²) in [5.74, 6) is 0.157. The standard InChI is InChI=1S/C19H15ClFN5O3/c20-6-1-7-29-19(28)24-18-22-14-5-2-10(8-15(14)23-18)16-13-9-11(21)3-4-12(13)17(27)26-25-16/h2-5,8-9H,1,6-7H2,(H,26,27)(H2,22,23,24,28). The Bertz CT molecular complexity index is 1270. The van der Waals surface area contributed by atoms with Crippen LogP contribution in [0.3, 0.4) is 0 Å². The van der Waals surface area contributed by atoms with Gasteiger partial charge in [0.15, 0.2) is 0 Å². The zero-order valence-electron chi connectivity index (χ0n) is 15.0. The molecule has 10 heteroatoms. The molecule has 0 aliphatic carbocycles. The lowest BCUT2D eigenvalue weighted by atomic mass is 10.0. The van der Waals surface area contributed by atoms with Crippen molar-refractivity contribution in [1.82, 2.24) is 20.2 Å². The van der Waals surface area contributed by atoms with Crippen LogP contribution in [0.4, 0.5) is 15.1 Å². The SMILES string of the molecule is O=C(Nc1nc2ccc(-c3n[nH]c(=O)c4ccc(F)cc34)cc2[nH]1)OCCCCl. The minimum absolute atomic E-state index is 0.210. The molecule has 148 valence electrons. The number of fused-ring (bicyclic) bond motifs is 2. The molecule has 0 unspecified atom stereocenters. The first kappa shape index (κ1) is 18.9. The van der Waals surface area contributed by atoms with Crippen LogP contribution >= 0.6 is 11.6 Å². The topological polar surface area (TPSA) is 113 Å². The number of imidazole rings is 1. The van der Waals surface area contributed by atoms with E-state index < -0.39 is 17.5 Å². The highest BCUT2D eigenvalue weighted by molar-refractivity contribution is 6.17. The Hall–Kier alpha value is -3.46. The van der Waals surface area contributed by atoms with Gasteiger partial charge in [-0.25, -0.2) is 19.3 Å². The van der Waals surface area contributed by atoms with Crippen molar-refractivity contribution in [2.45, 2.75) is 6.42 Å². The smallest absolute Gasteiger partial charge is 0.413 e. The van der Waals surface area contributed by atoms with Crippen LogP contribution < -0.4 is 10.9 Å². The van der Waals surface area contributed by atoms with Gasteiger partial charge in [-0.1, -0.05) is 6.07 Å². The number of benzene rings is 2. The Morgan fingerprint density at radius 3 is 2.90 bits per heavy atom. The molecule has 2 heterocycles. The molecule has 0 spiro atoms. The number of aromatic nitrogens is 4. The number of alkyl halides is 1. The number of H-pyrrole nitrogens is 2. The van der Waals surface area contributed by atoms with E-state index in [1.807, 2.05) is 0 Å². The number of aromatic amines is 2. The minimum Gasteiger partial charge on any atom is -0.449 e. The maximum Gasteiger partial charge on any atom is 0.413 e. The number of anilines is 1. The van der Waals surface area contributed by atoms with Gasteiger partial charge >= 0.3 is 6.09 Å². The van der Waals surface area contributed by atoms with Crippen molar-refractivity contribution in [3.63, 3.8) is 0 Å². The summed E-state index contributed by atoms with van der Waals surface area (Å²) in [4.78, 5) is 31.0. The van der Waals surface area contributed by atoms with Gasteiger partial charge in [-0.3, -0.25) is 10.1 Å². The van der Waals surface area contributed by atoms with Gasteiger partial charge < -0.3 is 9.72 Å². The molecule has 8 nitrogen and oxygen atoms in total. The fraction of sp³-hybridized carbons (Fsp3) is 0.158. The van der Waals surface area contributed by atoms with Gasteiger partial charge in [0.25, 0.3) is 5.56 Å². The molecule has 4 rings (SSSR count). The molecule has 0 aliphatic heterocycles. The van der Waals surface area contributed by atoms with E-state index in [-0.39, 0.29) is 12.6 Å². The van der Waals surface area contributed by atoms with Gasteiger partial charge in [0.05, 0.1) is 28.7 Å². The summed E-state index contributed by atoms with van der Waals surface area (Å²) in [6.07, 6.45) is -0.0858. The molecule has 0 radical (unpaired) electrons. The lowest BCUT2D eigenvalue weighted by Crippen LogP contribution is -2.15. The molecule has 0 fully saturated rings. The van der Waals surface area contributed by atoms with Crippen LogP contribution in [0.15, 0.2) is 41.2 Å². The summed E-state index contributed by atoms with van der Waals surface area (Å²) >= 11 is 5.54. The van der Waals surface area contributed by atoms with Crippen molar-refractivity contribution in [3.05, 3.63) is 52.6 Å². The molecule has 3 N–H and O–H groups in total. The third-order valence-corrected chi connectivity index (χ3v) is 4.50. The molecular formula is C19H15ClFN5O3. The summed E-state index contributed by atoms with van der Waals surface area (Å²) in [5, 5.41) is 9.75. The van der Waals surface area contributed by atoms with Crippen LogP contribution in [0.5, 0.6) is 0 Å². The van der Waals surface area contributed by atoms with E-state index in [0.29, 0.717) is 45.4 Å². The van der Waals surface area contributed by atoms with E-state index in [2.05, 4.69) is 25.5 Å². The van der Waals surface area contributed by atoms with Crippen LogP contribution in [-0.2, 0) is 4.74 Å². The van der Waals surface area contributed by atoms with Gasteiger partial charge in [-0.05, 0) is 36.8 Å². The summed E-state index contributed by atoms with van der Waals surface area (Å²) < 4.78 is 18.7. The van der Waals surface area contributed by atoms with Gasteiger partial charge in [0, 0.05) is 16.8 Å².